The molecular formula is C22H21N5O. The van der Waals surface area contributed by atoms with E-state index in [9.17, 15) is 4.79 Å². The van der Waals surface area contributed by atoms with Gasteiger partial charge in [0.05, 0.1) is 6.42 Å². The van der Waals surface area contributed by atoms with Crippen molar-refractivity contribution in [3.05, 3.63) is 77.5 Å². The Hall–Kier alpha value is -3.67. The van der Waals surface area contributed by atoms with E-state index < -0.39 is 0 Å². The second kappa shape index (κ2) is 7.52. The number of H-pyrrole nitrogens is 1. The number of para-hydroxylation sites is 1. The Morgan fingerprint density at radius 3 is 2.43 bits per heavy atom. The maximum absolute atomic E-state index is 12.4. The number of hydrogen-bond acceptors (Lipinski definition) is 4. The first kappa shape index (κ1) is 17.7. The largest absolute Gasteiger partial charge is 0.361 e. The normalized spacial score (nSPS) is 10.8. The van der Waals surface area contributed by atoms with Gasteiger partial charge < -0.3 is 15.6 Å². The van der Waals surface area contributed by atoms with Crippen LogP contribution in [-0.2, 0) is 11.2 Å². The molecule has 28 heavy (non-hydrogen) atoms. The number of carbonyl (C=O) groups is 1. The number of rotatable bonds is 5. The average Bonchev–Trinajstić information content (AvgIpc) is 3.05. The topological polar surface area (TPSA) is 82.7 Å². The molecule has 0 spiro atoms. The first-order valence-electron chi connectivity index (χ1n) is 9.11. The van der Waals surface area contributed by atoms with E-state index in [0.29, 0.717) is 11.6 Å². The number of aryl methyl sites for hydroxylation is 2. The Morgan fingerprint density at radius 2 is 1.68 bits per heavy atom. The molecule has 0 saturated heterocycles. The van der Waals surface area contributed by atoms with E-state index in [0.717, 1.165) is 22.2 Å². The maximum atomic E-state index is 12.4. The molecule has 3 N–H and O–H groups in total. The zero-order valence-electron chi connectivity index (χ0n) is 15.8. The third-order valence-electron chi connectivity index (χ3n) is 4.45. The number of amides is 1. The highest BCUT2D eigenvalue weighted by atomic mass is 16.1. The third kappa shape index (κ3) is 4.01. The molecule has 2 heterocycles. The molecule has 0 saturated carbocycles. The molecule has 140 valence electrons. The zero-order chi connectivity index (χ0) is 19.5. The van der Waals surface area contributed by atoms with Crippen molar-refractivity contribution in [1.82, 2.24) is 15.2 Å². The monoisotopic (exact) mass is 371 g/mol. The van der Waals surface area contributed by atoms with Crippen LogP contribution in [0.2, 0.25) is 0 Å². The maximum Gasteiger partial charge on any atom is 0.230 e. The SMILES string of the molecule is Cc1cc(C)cc(Nc2ccc(NC(=O)Cc3c[nH]c4ccccc34)nn2)c1. The molecule has 0 aliphatic carbocycles. The highest BCUT2D eigenvalue weighted by molar-refractivity contribution is 5.95. The van der Waals surface area contributed by atoms with Crippen LogP contribution in [0.5, 0.6) is 0 Å². The summed E-state index contributed by atoms with van der Waals surface area (Å²) in [5.41, 5.74) is 5.29. The van der Waals surface area contributed by atoms with Crippen LogP contribution in [0.3, 0.4) is 0 Å². The van der Waals surface area contributed by atoms with Gasteiger partial charge >= 0.3 is 0 Å². The highest BCUT2D eigenvalue weighted by Gasteiger charge is 2.10. The number of hydrogen-bond donors (Lipinski definition) is 3. The first-order chi connectivity index (χ1) is 13.6. The van der Waals surface area contributed by atoms with E-state index in [1.54, 1.807) is 12.1 Å². The fraction of sp³-hybridized carbons (Fsp3) is 0.136. The van der Waals surface area contributed by atoms with Crippen molar-refractivity contribution in [3.63, 3.8) is 0 Å². The summed E-state index contributed by atoms with van der Waals surface area (Å²) in [6.45, 7) is 4.10. The van der Waals surface area contributed by atoms with Crippen molar-refractivity contribution >= 4 is 34.1 Å². The van der Waals surface area contributed by atoms with Crippen LogP contribution >= 0.6 is 0 Å². The summed E-state index contributed by atoms with van der Waals surface area (Å²) in [7, 11) is 0. The predicted octanol–water partition coefficient (Wildman–Crippen LogP) is 4.50. The lowest BCUT2D eigenvalue weighted by molar-refractivity contribution is -0.115. The van der Waals surface area contributed by atoms with Crippen LogP contribution in [0.15, 0.2) is 60.8 Å². The van der Waals surface area contributed by atoms with Gasteiger partial charge in [-0.15, -0.1) is 10.2 Å². The quantitative estimate of drug-likeness (QED) is 0.482. The fourth-order valence-electron chi connectivity index (χ4n) is 3.30. The molecule has 6 nitrogen and oxygen atoms in total. The van der Waals surface area contributed by atoms with E-state index in [1.807, 2.05) is 42.6 Å². The van der Waals surface area contributed by atoms with Gasteiger partial charge in [0.15, 0.2) is 11.6 Å². The molecule has 4 aromatic rings. The van der Waals surface area contributed by atoms with Crippen LogP contribution < -0.4 is 10.6 Å². The summed E-state index contributed by atoms with van der Waals surface area (Å²) in [4.78, 5) is 15.5. The van der Waals surface area contributed by atoms with Gasteiger partial charge in [-0.05, 0) is 60.9 Å². The van der Waals surface area contributed by atoms with Gasteiger partial charge in [0, 0.05) is 22.8 Å². The van der Waals surface area contributed by atoms with E-state index in [2.05, 4.69) is 45.7 Å². The molecular weight excluding hydrogens is 350 g/mol. The average molecular weight is 371 g/mol. The van der Waals surface area contributed by atoms with E-state index in [4.69, 9.17) is 0 Å². The minimum Gasteiger partial charge on any atom is -0.361 e. The molecule has 0 fully saturated rings. The Bertz CT molecular complexity index is 1110. The number of nitrogens with zero attached hydrogens (tertiary/aromatic N) is 2. The van der Waals surface area contributed by atoms with Gasteiger partial charge in [-0.1, -0.05) is 24.3 Å². The number of anilines is 3. The smallest absolute Gasteiger partial charge is 0.230 e. The second-order valence-electron chi connectivity index (χ2n) is 6.89. The van der Waals surface area contributed by atoms with Crippen LogP contribution in [0, 0.1) is 13.8 Å². The van der Waals surface area contributed by atoms with Crippen LogP contribution in [0.25, 0.3) is 10.9 Å². The van der Waals surface area contributed by atoms with E-state index in [-0.39, 0.29) is 12.3 Å². The van der Waals surface area contributed by atoms with Crippen molar-refractivity contribution in [2.24, 2.45) is 0 Å². The summed E-state index contributed by atoms with van der Waals surface area (Å²) in [6.07, 6.45) is 2.14. The third-order valence-corrected chi connectivity index (χ3v) is 4.45. The molecule has 4 rings (SSSR count). The van der Waals surface area contributed by atoms with Gasteiger partial charge in [0.2, 0.25) is 5.91 Å². The standard InChI is InChI=1S/C22H21N5O/c1-14-9-15(2)11-17(10-14)24-20-7-8-21(27-26-20)25-22(28)12-16-13-23-19-6-4-3-5-18(16)19/h3-11,13,23H,12H2,1-2H3,(H,24,26)(H,25,27,28). The first-order valence-corrected chi connectivity index (χ1v) is 9.11. The predicted molar refractivity (Wildman–Crippen MR) is 112 cm³/mol. The lowest BCUT2D eigenvalue weighted by Crippen LogP contribution is -2.15. The second-order valence-corrected chi connectivity index (χ2v) is 6.89. The van der Waals surface area contributed by atoms with Crippen LogP contribution in [0.4, 0.5) is 17.3 Å². The number of benzene rings is 2. The molecule has 0 unspecified atom stereocenters. The van der Waals surface area contributed by atoms with Gasteiger partial charge in [-0.25, -0.2) is 0 Å². The molecule has 1 amide bonds. The molecule has 0 radical (unpaired) electrons. The van der Waals surface area contributed by atoms with Crippen LogP contribution in [-0.4, -0.2) is 21.1 Å². The number of carbonyl (C=O) groups excluding carboxylic acids is 1. The summed E-state index contributed by atoms with van der Waals surface area (Å²) >= 11 is 0. The van der Waals surface area contributed by atoms with Gasteiger partial charge in [-0.2, -0.15) is 0 Å². The fourth-order valence-corrected chi connectivity index (χ4v) is 3.30. The molecule has 2 aromatic carbocycles. The van der Waals surface area contributed by atoms with Gasteiger partial charge in [0.1, 0.15) is 0 Å². The minimum atomic E-state index is -0.130. The number of aromatic amines is 1. The Labute approximate surface area is 163 Å². The number of fused-ring (bicyclic) bond motifs is 1. The lowest BCUT2D eigenvalue weighted by atomic mass is 10.1. The highest BCUT2D eigenvalue weighted by Crippen LogP contribution is 2.20. The van der Waals surface area contributed by atoms with Crippen molar-refractivity contribution in [1.29, 1.82) is 0 Å². The molecule has 6 heteroatoms. The van der Waals surface area contributed by atoms with Gasteiger partial charge in [0.25, 0.3) is 0 Å². The molecule has 0 atom stereocenters. The van der Waals surface area contributed by atoms with E-state index >= 15 is 0 Å². The van der Waals surface area contributed by atoms with Crippen LogP contribution in [0.1, 0.15) is 16.7 Å². The number of nitrogens with one attached hydrogen (secondary N) is 3. The van der Waals surface area contributed by atoms with E-state index in [1.165, 1.54) is 11.1 Å². The molecule has 0 aliphatic heterocycles. The van der Waals surface area contributed by atoms with Crippen molar-refractivity contribution < 1.29 is 4.79 Å². The van der Waals surface area contributed by atoms with Crippen molar-refractivity contribution in [2.45, 2.75) is 20.3 Å². The Kier molecular flexibility index (Phi) is 4.76. The summed E-state index contributed by atoms with van der Waals surface area (Å²) in [5.74, 6) is 0.921. The molecule has 0 aliphatic rings. The molecule has 2 aromatic heterocycles. The van der Waals surface area contributed by atoms with Gasteiger partial charge in [-0.3, -0.25) is 4.79 Å². The van der Waals surface area contributed by atoms with Crippen molar-refractivity contribution in [3.8, 4) is 0 Å². The summed E-state index contributed by atoms with van der Waals surface area (Å²) in [5, 5.41) is 15.3. The Balaban J connectivity index is 1.40. The zero-order valence-corrected chi connectivity index (χ0v) is 15.8. The number of aromatic nitrogens is 3. The van der Waals surface area contributed by atoms with Crippen molar-refractivity contribution in [2.75, 3.05) is 10.6 Å². The Morgan fingerprint density at radius 1 is 0.964 bits per heavy atom. The summed E-state index contributed by atoms with van der Waals surface area (Å²) < 4.78 is 0. The molecule has 0 bridgehead atoms. The summed E-state index contributed by atoms with van der Waals surface area (Å²) in [6, 6.07) is 17.7. The minimum absolute atomic E-state index is 0.130. The lowest BCUT2D eigenvalue weighted by Gasteiger charge is -2.08.